The van der Waals surface area contributed by atoms with Gasteiger partial charge in [-0.2, -0.15) is 0 Å². The molecule has 0 bridgehead atoms. The van der Waals surface area contributed by atoms with Crippen molar-refractivity contribution in [3.8, 4) is 0 Å². The molecule has 1 aliphatic rings. The van der Waals surface area contributed by atoms with Crippen molar-refractivity contribution in [2.45, 2.75) is 26.3 Å². The van der Waals surface area contributed by atoms with Gasteiger partial charge < -0.3 is 10.6 Å². The molecule has 2 N–H and O–H groups in total. The highest BCUT2D eigenvalue weighted by Gasteiger charge is 2.56. The average molecular weight is 326 g/mol. The van der Waals surface area contributed by atoms with Crippen LogP contribution in [0.3, 0.4) is 0 Å². The summed E-state index contributed by atoms with van der Waals surface area (Å²) in [5, 5.41) is 5.47. The molecule has 124 valence electrons. The summed E-state index contributed by atoms with van der Waals surface area (Å²) >= 11 is 0. The summed E-state index contributed by atoms with van der Waals surface area (Å²) in [6, 6.07) is 13.5. The van der Waals surface area contributed by atoms with Gasteiger partial charge in [0, 0.05) is 12.2 Å². The molecule has 0 aromatic heterocycles. The Morgan fingerprint density at radius 1 is 1.08 bits per heavy atom. The third-order valence-electron chi connectivity index (χ3n) is 4.24. The van der Waals surface area contributed by atoms with E-state index < -0.39 is 11.2 Å². The minimum absolute atomic E-state index is 0.280. The summed E-state index contributed by atoms with van der Waals surface area (Å²) in [7, 11) is 0. The Kier molecular flexibility index (Phi) is 4.34. The zero-order valence-electron chi connectivity index (χ0n) is 13.4. The fourth-order valence-electron chi connectivity index (χ4n) is 2.67. The number of anilines is 1. The first-order valence-corrected chi connectivity index (χ1v) is 7.90. The summed E-state index contributed by atoms with van der Waals surface area (Å²) in [6.07, 6.45) is 1.02. The van der Waals surface area contributed by atoms with E-state index >= 15 is 0 Å². The van der Waals surface area contributed by atoms with Crippen molar-refractivity contribution < 1.29 is 14.0 Å². The molecule has 2 aromatic rings. The van der Waals surface area contributed by atoms with Gasteiger partial charge in [-0.3, -0.25) is 9.59 Å². The molecule has 1 aliphatic carbocycles. The normalized spacial score (nSPS) is 14.8. The number of benzene rings is 2. The topological polar surface area (TPSA) is 58.2 Å². The lowest BCUT2D eigenvalue weighted by atomic mass is 10.0. The van der Waals surface area contributed by atoms with Crippen molar-refractivity contribution >= 4 is 17.5 Å². The smallest absolute Gasteiger partial charge is 0.240 e. The molecule has 0 heterocycles. The fourth-order valence-corrected chi connectivity index (χ4v) is 2.67. The van der Waals surface area contributed by atoms with E-state index in [1.807, 2.05) is 31.2 Å². The fraction of sp³-hybridized carbons (Fsp3) is 0.263. The van der Waals surface area contributed by atoms with Crippen molar-refractivity contribution in [1.82, 2.24) is 5.32 Å². The maximum absolute atomic E-state index is 13.2. The lowest BCUT2D eigenvalue weighted by Gasteiger charge is -2.15. The van der Waals surface area contributed by atoms with Crippen LogP contribution < -0.4 is 10.6 Å². The molecule has 24 heavy (non-hydrogen) atoms. The maximum Gasteiger partial charge on any atom is 0.240 e. The lowest BCUT2D eigenvalue weighted by Crippen LogP contribution is -2.39. The van der Waals surface area contributed by atoms with E-state index in [9.17, 15) is 14.0 Å². The largest absolute Gasteiger partial charge is 0.351 e. The average Bonchev–Trinajstić information content (AvgIpc) is 3.34. The number of hydrogen-bond acceptors (Lipinski definition) is 2. The molecule has 4 nitrogen and oxygen atoms in total. The predicted molar refractivity (Wildman–Crippen MR) is 89.7 cm³/mol. The Hall–Kier alpha value is -2.69. The highest BCUT2D eigenvalue weighted by atomic mass is 19.1. The van der Waals surface area contributed by atoms with E-state index in [0.717, 1.165) is 11.1 Å². The van der Waals surface area contributed by atoms with Crippen molar-refractivity contribution in [1.29, 1.82) is 0 Å². The second kappa shape index (κ2) is 6.43. The number of amides is 2. The van der Waals surface area contributed by atoms with Crippen molar-refractivity contribution in [2.24, 2.45) is 5.41 Å². The second-order valence-electron chi connectivity index (χ2n) is 6.22. The zero-order valence-corrected chi connectivity index (χ0v) is 13.4. The first kappa shape index (κ1) is 16.2. The molecular formula is C19H19FN2O2. The van der Waals surface area contributed by atoms with Gasteiger partial charge in [-0.15, -0.1) is 0 Å². The summed E-state index contributed by atoms with van der Waals surface area (Å²) < 4.78 is 13.2. The van der Waals surface area contributed by atoms with Crippen LogP contribution in [0, 0.1) is 18.2 Å². The minimum atomic E-state index is -1.03. The Bertz CT molecular complexity index is 784. The lowest BCUT2D eigenvalue weighted by molar-refractivity contribution is -0.134. The number of nitrogens with one attached hydrogen (secondary N) is 2. The van der Waals surface area contributed by atoms with E-state index in [1.54, 1.807) is 6.07 Å². The first-order valence-electron chi connectivity index (χ1n) is 7.90. The molecule has 0 atom stereocenters. The number of rotatable bonds is 5. The second-order valence-corrected chi connectivity index (χ2v) is 6.22. The molecule has 2 amide bonds. The standard InChI is InChI=1S/C19H19FN2O2/c1-13-4-2-5-14(10-13)12-21-17(23)19(8-9-19)18(24)22-16-7-3-6-15(20)11-16/h2-7,10-11H,8-9,12H2,1H3,(H,21,23)(H,22,24). The molecule has 3 rings (SSSR count). The SMILES string of the molecule is Cc1cccc(CNC(=O)C2(C(=O)Nc3cccc(F)c3)CC2)c1. The Labute approximate surface area is 140 Å². The van der Waals surface area contributed by atoms with Crippen LogP contribution in [-0.2, 0) is 16.1 Å². The zero-order chi connectivity index (χ0) is 17.2. The highest BCUT2D eigenvalue weighted by Crippen LogP contribution is 2.46. The summed E-state index contributed by atoms with van der Waals surface area (Å²) in [6.45, 7) is 2.37. The summed E-state index contributed by atoms with van der Waals surface area (Å²) in [4.78, 5) is 24.9. The van der Waals surface area contributed by atoms with E-state index in [2.05, 4.69) is 10.6 Å². The Morgan fingerprint density at radius 3 is 2.50 bits per heavy atom. The van der Waals surface area contributed by atoms with E-state index in [1.165, 1.54) is 18.2 Å². The van der Waals surface area contributed by atoms with E-state index in [-0.39, 0.29) is 11.8 Å². The third kappa shape index (κ3) is 3.45. The Balaban J connectivity index is 1.62. The van der Waals surface area contributed by atoms with Crippen molar-refractivity contribution in [2.75, 3.05) is 5.32 Å². The van der Waals surface area contributed by atoms with Gasteiger partial charge >= 0.3 is 0 Å². The molecule has 2 aromatic carbocycles. The predicted octanol–water partition coefficient (Wildman–Crippen LogP) is 3.17. The quantitative estimate of drug-likeness (QED) is 0.829. The minimum Gasteiger partial charge on any atom is -0.351 e. The van der Waals surface area contributed by atoms with Crippen LogP contribution in [0.15, 0.2) is 48.5 Å². The van der Waals surface area contributed by atoms with Crippen LogP contribution in [0.2, 0.25) is 0 Å². The molecule has 1 fully saturated rings. The molecule has 0 radical (unpaired) electrons. The van der Waals surface area contributed by atoms with E-state index in [0.29, 0.717) is 25.1 Å². The molecule has 1 saturated carbocycles. The number of halogens is 1. The van der Waals surface area contributed by atoms with Gasteiger partial charge in [0.2, 0.25) is 11.8 Å². The van der Waals surface area contributed by atoms with Gasteiger partial charge in [0.05, 0.1) is 0 Å². The van der Waals surface area contributed by atoms with Crippen molar-refractivity contribution in [3.63, 3.8) is 0 Å². The highest BCUT2D eigenvalue weighted by molar-refractivity contribution is 6.13. The van der Waals surface area contributed by atoms with Gasteiger partial charge in [0.25, 0.3) is 0 Å². The van der Waals surface area contributed by atoms with Gasteiger partial charge in [-0.25, -0.2) is 4.39 Å². The molecule has 0 spiro atoms. The maximum atomic E-state index is 13.2. The van der Waals surface area contributed by atoms with Crippen LogP contribution >= 0.6 is 0 Å². The van der Waals surface area contributed by atoms with Gasteiger partial charge in [0.1, 0.15) is 11.2 Å². The summed E-state index contributed by atoms with van der Waals surface area (Å²) in [5.74, 6) is -1.09. The van der Waals surface area contributed by atoms with Crippen LogP contribution in [0.4, 0.5) is 10.1 Å². The van der Waals surface area contributed by atoms with Gasteiger partial charge in [-0.05, 0) is 43.5 Å². The molecular weight excluding hydrogens is 307 g/mol. The van der Waals surface area contributed by atoms with Gasteiger partial charge in [-0.1, -0.05) is 35.9 Å². The monoisotopic (exact) mass is 326 g/mol. The van der Waals surface area contributed by atoms with Crippen LogP contribution in [0.25, 0.3) is 0 Å². The Morgan fingerprint density at radius 2 is 1.83 bits per heavy atom. The number of carbonyl (C=O) groups is 2. The van der Waals surface area contributed by atoms with Crippen LogP contribution in [0.5, 0.6) is 0 Å². The van der Waals surface area contributed by atoms with Crippen molar-refractivity contribution in [3.05, 3.63) is 65.5 Å². The molecule has 0 aliphatic heterocycles. The van der Waals surface area contributed by atoms with Crippen LogP contribution in [-0.4, -0.2) is 11.8 Å². The molecule has 0 unspecified atom stereocenters. The number of aryl methyl sites for hydroxylation is 1. The number of hydrogen-bond donors (Lipinski definition) is 2. The third-order valence-corrected chi connectivity index (χ3v) is 4.24. The molecule has 5 heteroatoms. The number of carbonyl (C=O) groups excluding carboxylic acids is 2. The molecule has 0 saturated heterocycles. The first-order chi connectivity index (χ1) is 11.5. The van der Waals surface area contributed by atoms with Gasteiger partial charge in [0.15, 0.2) is 0 Å². The van der Waals surface area contributed by atoms with Crippen LogP contribution in [0.1, 0.15) is 24.0 Å². The summed E-state index contributed by atoms with van der Waals surface area (Å²) in [5.41, 5.74) is 1.44. The van der Waals surface area contributed by atoms with E-state index in [4.69, 9.17) is 0 Å².